The Hall–Kier alpha value is -0.990. The maximum Gasteiger partial charge on any atom is 0.327 e. The van der Waals surface area contributed by atoms with Gasteiger partial charge in [-0.25, -0.2) is 9.59 Å². The molecule has 0 aromatic heterocycles. The van der Waals surface area contributed by atoms with Crippen molar-refractivity contribution < 1.29 is 14.7 Å². The average molecular weight is 316 g/mol. The van der Waals surface area contributed by atoms with E-state index in [-0.39, 0.29) is 6.03 Å². The van der Waals surface area contributed by atoms with Crippen molar-refractivity contribution in [3.8, 4) is 0 Å². The second-order valence-electron chi connectivity index (χ2n) is 5.74. The number of carbonyl (C=O) groups excluding carboxylic acids is 1. The molecule has 0 aromatic carbocycles. The molecule has 0 radical (unpaired) electrons. The van der Waals surface area contributed by atoms with E-state index < -0.39 is 12.0 Å². The van der Waals surface area contributed by atoms with Gasteiger partial charge in [0.05, 0.1) is 5.88 Å². The first-order valence-corrected chi connectivity index (χ1v) is 8.37. The van der Waals surface area contributed by atoms with Crippen LogP contribution in [0.2, 0.25) is 0 Å². The van der Waals surface area contributed by atoms with Crippen molar-refractivity contribution in [2.75, 3.05) is 65.0 Å². The number of hydrogen-bond donors (Lipinski definition) is 1. The molecule has 0 aromatic rings. The predicted molar refractivity (Wildman–Crippen MR) is 82.6 cm³/mol. The number of carboxylic acids is 1. The molecule has 7 nitrogen and oxygen atoms in total. The molecule has 2 aliphatic rings. The summed E-state index contributed by atoms with van der Waals surface area (Å²) in [5.74, 6) is 0.0681. The second-order valence-corrected chi connectivity index (χ2v) is 6.74. The first-order valence-electron chi connectivity index (χ1n) is 7.22. The Morgan fingerprint density at radius 2 is 1.90 bits per heavy atom. The van der Waals surface area contributed by atoms with Crippen LogP contribution in [0.5, 0.6) is 0 Å². The molecule has 2 heterocycles. The van der Waals surface area contributed by atoms with Gasteiger partial charge in [0, 0.05) is 45.0 Å². The van der Waals surface area contributed by atoms with Gasteiger partial charge in [-0.05, 0) is 14.1 Å². The number of rotatable bonds is 4. The molecule has 2 amide bonds. The Morgan fingerprint density at radius 1 is 1.24 bits per heavy atom. The van der Waals surface area contributed by atoms with Crippen LogP contribution in [0.1, 0.15) is 0 Å². The molecule has 1 N–H and O–H groups in total. The highest BCUT2D eigenvalue weighted by atomic mass is 32.2. The van der Waals surface area contributed by atoms with Crippen molar-refractivity contribution in [3.63, 3.8) is 0 Å². The Bertz CT molecular complexity index is 386. The lowest BCUT2D eigenvalue weighted by molar-refractivity contribution is -0.141. The number of carbonyl (C=O) groups is 2. The highest BCUT2D eigenvalue weighted by Gasteiger charge is 2.37. The topological polar surface area (TPSA) is 67.3 Å². The van der Waals surface area contributed by atoms with Crippen LogP contribution in [0.15, 0.2) is 0 Å². The third-order valence-corrected chi connectivity index (χ3v) is 4.93. The van der Waals surface area contributed by atoms with Gasteiger partial charge in [0.15, 0.2) is 0 Å². The summed E-state index contributed by atoms with van der Waals surface area (Å²) in [5, 5.41) is 9.16. The average Bonchev–Trinajstić information content (AvgIpc) is 2.94. The normalized spacial score (nSPS) is 23.9. The van der Waals surface area contributed by atoms with Gasteiger partial charge in [-0.2, -0.15) is 0 Å². The van der Waals surface area contributed by atoms with Gasteiger partial charge < -0.3 is 19.8 Å². The zero-order chi connectivity index (χ0) is 15.4. The van der Waals surface area contributed by atoms with Gasteiger partial charge in [-0.3, -0.25) is 4.90 Å². The molecule has 0 saturated carbocycles. The summed E-state index contributed by atoms with van der Waals surface area (Å²) in [7, 11) is 4.10. The molecule has 120 valence electrons. The van der Waals surface area contributed by atoms with Gasteiger partial charge in [0.2, 0.25) is 0 Å². The largest absolute Gasteiger partial charge is 0.480 e. The van der Waals surface area contributed by atoms with Crippen LogP contribution in [0.4, 0.5) is 4.79 Å². The van der Waals surface area contributed by atoms with E-state index in [0.717, 1.165) is 26.2 Å². The van der Waals surface area contributed by atoms with Crippen LogP contribution in [0.3, 0.4) is 0 Å². The Balaban J connectivity index is 1.81. The van der Waals surface area contributed by atoms with E-state index >= 15 is 0 Å². The van der Waals surface area contributed by atoms with E-state index in [2.05, 4.69) is 23.9 Å². The molecule has 0 unspecified atom stereocenters. The van der Waals surface area contributed by atoms with E-state index in [0.29, 0.717) is 24.7 Å². The zero-order valence-corrected chi connectivity index (χ0v) is 13.5. The van der Waals surface area contributed by atoms with Crippen LogP contribution < -0.4 is 0 Å². The lowest BCUT2D eigenvalue weighted by Crippen LogP contribution is -2.55. The molecule has 0 aliphatic carbocycles. The highest BCUT2D eigenvalue weighted by molar-refractivity contribution is 7.99. The summed E-state index contributed by atoms with van der Waals surface area (Å²) in [5.41, 5.74) is 0. The highest BCUT2D eigenvalue weighted by Crippen LogP contribution is 2.23. The van der Waals surface area contributed by atoms with E-state index in [1.54, 1.807) is 4.90 Å². The molecule has 1 atom stereocenters. The minimum atomic E-state index is -0.905. The monoisotopic (exact) mass is 316 g/mol. The van der Waals surface area contributed by atoms with Crippen LogP contribution in [-0.4, -0.2) is 108 Å². The summed E-state index contributed by atoms with van der Waals surface area (Å²) in [6, 6.07) is -0.797. The van der Waals surface area contributed by atoms with Crippen LogP contribution in [0, 0.1) is 0 Å². The standard InChI is InChI=1S/C13H24N4O3S/c1-14(2)3-4-15-5-7-16(8-6-15)13(20)17-10-21-9-11(17)12(18)19/h11H,3-10H2,1-2H3,(H,18,19)/t11-/m0/s1. The van der Waals surface area contributed by atoms with Gasteiger partial charge in [-0.15, -0.1) is 11.8 Å². The molecule has 0 spiro atoms. The van der Waals surface area contributed by atoms with Gasteiger partial charge in [0.1, 0.15) is 6.04 Å². The smallest absolute Gasteiger partial charge is 0.327 e. The number of carboxylic acid groups (broad SMARTS) is 1. The molecular weight excluding hydrogens is 292 g/mol. The quantitative estimate of drug-likeness (QED) is 0.771. The Morgan fingerprint density at radius 3 is 2.48 bits per heavy atom. The van der Waals surface area contributed by atoms with Crippen molar-refractivity contribution in [2.24, 2.45) is 0 Å². The first kappa shape index (κ1) is 16.4. The summed E-state index contributed by atoms with van der Waals surface area (Å²) in [6.45, 7) is 5.10. The molecule has 2 aliphatic heterocycles. The number of amides is 2. The molecule has 21 heavy (non-hydrogen) atoms. The predicted octanol–water partition coefficient (Wildman–Crippen LogP) is -0.255. The molecular formula is C13H24N4O3S. The number of piperazine rings is 1. The maximum absolute atomic E-state index is 12.4. The SMILES string of the molecule is CN(C)CCN1CCN(C(=O)N2CSC[C@H]2C(=O)O)CC1. The van der Waals surface area contributed by atoms with Crippen molar-refractivity contribution in [1.82, 2.24) is 19.6 Å². The zero-order valence-electron chi connectivity index (χ0n) is 12.7. The number of urea groups is 1. The number of thioether (sulfide) groups is 1. The van der Waals surface area contributed by atoms with Crippen molar-refractivity contribution in [3.05, 3.63) is 0 Å². The van der Waals surface area contributed by atoms with Crippen LogP contribution >= 0.6 is 11.8 Å². The molecule has 2 rings (SSSR count). The lowest BCUT2D eigenvalue weighted by atomic mass is 10.3. The summed E-state index contributed by atoms with van der Waals surface area (Å²) in [6.07, 6.45) is 0. The van der Waals surface area contributed by atoms with Crippen molar-refractivity contribution >= 4 is 23.8 Å². The van der Waals surface area contributed by atoms with Gasteiger partial charge in [-0.1, -0.05) is 0 Å². The minimum Gasteiger partial charge on any atom is -0.480 e. The van der Waals surface area contributed by atoms with Crippen molar-refractivity contribution in [2.45, 2.75) is 6.04 Å². The van der Waals surface area contributed by atoms with E-state index in [1.165, 1.54) is 16.7 Å². The summed E-state index contributed by atoms with van der Waals surface area (Å²) >= 11 is 1.50. The van der Waals surface area contributed by atoms with Gasteiger partial charge in [0.25, 0.3) is 0 Å². The van der Waals surface area contributed by atoms with E-state index in [1.807, 2.05) is 0 Å². The molecule has 2 saturated heterocycles. The summed E-state index contributed by atoms with van der Waals surface area (Å²) < 4.78 is 0. The fourth-order valence-corrected chi connectivity index (χ4v) is 3.66. The van der Waals surface area contributed by atoms with E-state index in [4.69, 9.17) is 5.11 Å². The lowest BCUT2D eigenvalue weighted by Gasteiger charge is -2.37. The molecule has 0 bridgehead atoms. The Labute approximate surface area is 129 Å². The van der Waals surface area contributed by atoms with Crippen LogP contribution in [0.25, 0.3) is 0 Å². The number of hydrogen-bond acceptors (Lipinski definition) is 5. The first-order chi connectivity index (χ1) is 9.99. The molecule has 2 fully saturated rings. The summed E-state index contributed by atoms with van der Waals surface area (Å²) in [4.78, 5) is 31.4. The van der Waals surface area contributed by atoms with E-state index in [9.17, 15) is 9.59 Å². The third kappa shape index (κ3) is 4.24. The fraction of sp³-hybridized carbons (Fsp3) is 0.846. The number of likely N-dealkylation sites (N-methyl/N-ethyl adjacent to an activating group) is 1. The molecule has 8 heteroatoms. The third-order valence-electron chi connectivity index (χ3n) is 3.92. The van der Waals surface area contributed by atoms with Crippen LogP contribution in [-0.2, 0) is 4.79 Å². The maximum atomic E-state index is 12.4. The minimum absolute atomic E-state index is 0.125. The fourth-order valence-electron chi connectivity index (χ4n) is 2.52. The van der Waals surface area contributed by atoms with Crippen molar-refractivity contribution in [1.29, 1.82) is 0 Å². The number of aliphatic carboxylic acids is 1. The second kappa shape index (κ2) is 7.33. The Kier molecular flexibility index (Phi) is 5.72. The number of nitrogens with zero attached hydrogens (tertiary/aromatic N) is 4. The van der Waals surface area contributed by atoms with Gasteiger partial charge >= 0.3 is 12.0 Å².